The van der Waals surface area contributed by atoms with E-state index < -0.39 is 5.41 Å². The van der Waals surface area contributed by atoms with Gasteiger partial charge in [0.05, 0.1) is 0 Å². The van der Waals surface area contributed by atoms with Crippen LogP contribution in [-0.4, -0.2) is 18.4 Å². The Morgan fingerprint density at radius 2 is 1.86 bits per heavy atom. The predicted octanol–water partition coefficient (Wildman–Crippen LogP) is 3.08. The minimum Gasteiger partial charge on any atom is -0.352 e. The molecule has 0 aliphatic rings. The van der Waals surface area contributed by atoms with Gasteiger partial charge in [0, 0.05) is 12.2 Å². The molecule has 0 heterocycles. The lowest BCUT2D eigenvalue weighted by Crippen LogP contribution is -2.45. The minimum absolute atomic E-state index is 0.291. The molecular weight excluding hydrogens is 264 g/mol. The highest BCUT2D eigenvalue weighted by Gasteiger charge is 2.36. The predicted molar refractivity (Wildman–Crippen MR) is 86.1 cm³/mol. The van der Waals surface area contributed by atoms with Gasteiger partial charge < -0.3 is 10.6 Å². The summed E-state index contributed by atoms with van der Waals surface area (Å²) in [6.07, 6.45) is 1.58. The van der Waals surface area contributed by atoms with Gasteiger partial charge in [-0.15, -0.1) is 6.58 Å². The molecule has 0 aliphatic heterocycles. The van der Waals surface area contributed by atoms with Crippen molar-refractivity contribution in [1.29, 1.82) is 0 Å². The number of amides is 2. The molecule has 1 rings (SSSR count). The zero-order chi connectivity index (χ0) is 16.0. The molecule has 0 aromatic heterocycles. The van der Waals surface area contributed by atoms with E-state index in [9.17, 15) is 9.59 Å². The van der Waals surface area contributed by atoms with Crippen LogP contribution in [0.5, 0.6) is 0 Å². The second-order valence-corrected chi connectivity index (χ2v) is 5.82. The molecule has 0 unspecified atom stereocenters. The molecule has 0 bridgehead atoms. The summed E-state index contributed by atoms with van der Waals surface area (Å²) in [5.41, 5.74) is 0.655. The Morgan fingerprint density at radius 1 is 1.24 bits per heavy atom. The molecule has 0 saturated carbocycles. The standard InChI is InChI=1S/C17H24N2O2/c1-6-11-18-15(20)17(4,5)16(21)19-14-10-8-7-9-13(14)12(2)3/h6-10,12H,1,11H2,2-5H3,(H,18,20)(H,19,21). The van der Waals surface area contributed by atoms with Gasteiger partial charge >= 0.3 is 0 Å². The van der Waals surface area contributed by atoms with Gasteiger partial charge in [0.1, 0.15) is 5.41 Å². The van der Waals surface area contributed by atoms with E-state index in [-0.39, 0.29) is 11.8 Å². The van der Waals surface area contributed by atoms with E-state index in [0.717, 1.165) is 11.3 Å². The number of nitrogens with one attached hydrogen (secondary N) is 2. The maximum Gasteiger partial charge on any atom is 0.239 e. The number of carbonyl (C=O) groups is 2. The van der Waals surface area contributed by atoms with Crippen molar-refractivity contribution in [2.75, 3.05) is 11.9 Å². The van der Waals surface area contributed by atoms with Crippen molar-refractivity contribution in [1.82, 2.24) is 5.32 Å². The van der Waals surface area contributed by atoms with Crippen LogP contribution in [0.3, 0.4) is 0 Å². The van der Waals surface area contributed by atoms with Crippen LogP contribution in [0.2, 0.25) is 0 Å². The van der Waals surface area contributed by atoms with Crippen LogP contribution >= 0.6 is 0 Å². The first-order valence-electron chi connectivity index (χ1n) is 7.10. The molecule has 2 amide bonds. The van der Waals surface area contributed by atoms with Crippen molar-refractivity contribution < 1.29 is 9.59 Å². The number of para-hydroxylation sites is 1. The van der Waals surface area contributed by atoms with Crippen molar-refractivity contribution in [2.45, 2.75) is 33.6 Å². The van der Waals surface area contributed by atoms with Crippen LogP contribution in [0.25, 0.3) is 0 Å². The number of anilines is 1. The summed E-state index contributed by atoms with van der Waals surface area (Å²) in [5.74, 6) is -0.349. The van der Waals surface area contributed by atoms with E-state index in [2.05, 4.69) is 31.1 Å². The molecular formula is C17H24N2O2. The Bertz CT molecular complexity index is 533. The summed E-state index contributed by atoms with van der Waals surface area (Å²) in [5, 5.41) is 5.52. The first-order chi connectivity index (χ1) is 9.80. The molecule has 0 radical (unpaired) electrons. The fourth-order valence-electron chi connectivity index (χ4n) is 1.88. The minimum atomic E-state index is -1.15. The van der Waals surface area contributed by atoms with E-state index in [1.165, 1.54) is 0 Å². The fourth-order valence-corrected chi connectivity index (χ4v) is 1.88. The second kappa shape index (κ2) is 7.07. The van der Waals surface area contributed by atoms with Crippen molar-refractivity contribution >= 4 is 17.5 Å². The van der Waals surface area contributed by atoms with E-state index in [0.29, 0.717) is 12.5 Å². The average Bonchev–Trinajstić information content (AvgIpc) is 2.44. The number of carbonyl (C=O) groups excluding carboxylic acids is 2. The Hall–Kier alpha value is -2.10. The van der Waals surface area contributed by atoms with E-state index >= 15 is 0 Å². The lowest BCUT2D eigenvalue weighted by molar-refractivity contribution is -0.138. The van der Waals surface area contributed by atoms with Crippen LogP contribution in [0.4, 0.5) is 5.69 Å². The van der Waals surface area contributed by atoms with E-state index in [1.807, 2.05) is 24.3 Å². The maximum atomic E-state index is 12.4. The quantitative estimate of drug-likeness (QED) is 0.624. The molecule has 0 aliphatic carbocycles. The van der Waals surface area contributed by atoms with Gasteiger partial charge in [-0.3, -0.25) is 9.59 Å². The van der Waals surface area contributed by atoms with E-state index in [1.54, 1.807) is 19.9 Å². The lowest BCUT2D eigenvalue weighted by Gasteiger charge is -2.23. The smallest absolute Gasteiger partial charge is 0.239 e. The van der Waals surface area contributed by atoms with Crippen molar-refractivity contribution in [2.24, 2.45) is 5.41 Å². The molecule has 2 N–H and O–H groups in total. The SMILES string of the molecule is C=CCNC(=O)C(C)(C)C(=O)Nc1ccccc1C(C)C. The van der Waals surface area contributed by atoms with Gasteiger partial charge in [-0.25, -0.2) is 0 Å². The molecule has 4 heteroatoms. The van der Waals surface area contributed by atoms with Crippen LogP contribution in [-0.2, 0) is 9.59 Å². The van der Waals surface area contributed by atoms with Crippen molar-refractivity contribution in [3.63, 3.8) is 0 Å². The average molecular weight is 288 g/mol. The zero-order valence-electron chi connectivity index (χ0n) is 13.2. The highest BCUT2D eigenvalue weighted by atomic mass is 16.2. The summed E-state index contributed by atoms with van der Waals surface area (Å²) in [7, 11) is 0. The molecule has 21 heavy (non-hydrogen) atoms. The van der Waals surface area contributed by atoms with Gasteiger partial charge in [-0.2, -0.15) is 0 Å². The fraction of sp³-hybridized carbons (Fsp3) is 0.412. The largest absolute Gasteiger partial charge is 0.352 e. The number of rotatable bonds is 6. The maximum absolute atomic E-state index is 12.4. The molecule has 0 atom stereocenters. The van der Waals surface area contributed by atoms with E-state index in [4.69, 9.17) is 0 Å². The summed E-state index contributed by atoms with van der Waals surface area (Å²) < 4.78 is 0. The Morgan fingerprint density at radius 3 is 2.43 bits per heavy atom. The number of hydrogen-bond donors (Lipinski definition) is 2. The Balaban J connectivity index is 2.90. The van der Waals surface area contributed by atoms with Gasteiger partial charge in [0.25, 0.3) is 0 Å². The first kappa shape index (κ1) is 17.0. The number of benzene rings is 1. The van der Waals surface area contributed by atoms with Crippen LogP contribution in [0.15, 0.2) is 36.9 Å². The summed E-state index contributed by atoms with van der Waals surface area (Å²) in [4.78, 5) is 24.5. The summed E-state index contributed by atoms with van der Waals surface area (Å²) in [6.45, 7) is 11.2. The lowest BCUT2D eigenvalue weighted by atomic mass is 9.90. The normalized spacial score (nSPS) is 11.1. The third-order valence-electron chi connectivity index (χ3n) is 3.37. The third kappa shape index (κ3) is 4.18. The highest BCUT2D eigenvalue weighted by molar-refractivity contribution is 6.10. The molecule has 0 spiro atoms. The molecule has 0 saturated heterocycles. The zero-order valence-corrected chi connectivity index (χ0v) is 13.2. The van der Waals surface area contributed by atoms with Crippen LogP contribution in [0, 0.1) is 5.41 Å². The third-order valence-corrected chi connectivity index (χ3v) is 3.37. The topological polar surface area (TPSA) is 58.2 Å². The molecule has 1 aromatic carbocycles. The molecule has 4 nitrogen and oxygen atoms in total. The second-order valence-electron chi connectivity index (χ2n) is 5.82. The van der Waals surface area contributed by atoms with Crippen LogP contribution < -0.4 is 10.6 Å². The van der Waals surface area contributed by atoms with Crippen molar-refractivity contribution in [3.05, 3.63) is 42.5 Å². The number of hydrogen-bond acceptors (Lipinski definition) is 2. The summed E-state index contributed by atoms with van der Waals surface area (Å²) >= 11 is 0. The van der Waals surface area contributed by atoms with Gasteiger partial charge in [-0.05, 0) is 31.4 Å². The molecule has 1 aromatic rings. The molecule has 114 valence electrons. The monoisotopic (exact) mass is 288 g/mol. The summed E-state index contributed by atoms with van der Waals surface area (Å²) in [6, 6.07) is 7.63. The van der Waals surface area contributed by atoms with Crippen molar-refractivity contribution in [3.8, 4) is 0 Å². The van der Waals surface area contributed by atoms with Gasteiger partial charge in [-0.1, -0.05) is 38.1 Å². The molecule has 0 fully saturated rings. The first-order valence-corrected chi connectivity index (χ1v) is 7.10. The Labute approximate surface area is 126 Å². The van der Waals surface area contributed by atoms with Gasteiger partial charge in [0.2, 0.25) is 11.8 Å². The Kier molecular flexibility index (Phi) is 5.70. The highest BCUT2D eigenvalue weighted by Crippen LogP contribution is 2.26. The van der Waals surface area contributed by atoms with Crippen LogP contribution in [0.1, 0.15) is 39.2 Å². The van der Waals surface area contributed by atoms with Gasteiger partial charge in [0.15, 0.2) is 0 Å².